The van der Waals surface area contributed by atoms with Gasteiger partial charge < -0.3 is 5.11 Å². The van der Waals surface area contributed by atoms with Gasteiger partial charge in [0, 0.05) is 7.05 Å². The molecule has 2 rings (SSSR count). The molecule has 0 spiro atoms. The van der Waals surface area contributed by atoms with Gasteiger partial charge in [-0.3, -0.25) is 4.68 Å². The summed E-state index contributed by atoms with van der Waals surface area (Å²) in [5.41, 5.74) is 1.86. The highest BCUT2D eigenvalue weighted by atomic mass is 16.3. The lowest BCUT2D eigenvalue weighted by Gasteiger charge is -2.15. The topological polar surface area (TPSA) is 50.9 Å². The van der Waals surface area contributed by atoms with Gasteiger partial charge in [0.2, 0.25) is 0 Å². The molecular formula is C7H11N3O. The molecule has 0 saturated carbocycles. The molecule has 0 aromatic carbocycles. The van der Waals surface area contributed by atoms with E-state index < -0.39 is 0 Å². The Kier molecular flexibility index (Phi) is 1.42. The molecule has 0 bridgehead atoms. The van der Waals surface area contributed by atoms with Crippen molar-refractivity contribution in [2.45, 2.75) is 25.4 Å². The first-order chi connectivity index (χ1) is 5.29. The summed E-state index contributed by atoms with van der Waals surface area (Å²) < 4.78 is 1.75. The van der Waals surface area contributed by atoms with Crippen LogP contribution in [0.4, 0.5) is 0 Å². The molecule has 0 radical (unpaired) electrons. The van der Waals surface area contributed by atoms with Gasteiger partial charge in [-0.2, -0.15) is 0 Å². The SMILES string of the molecule is Cn1nnc2c1CCCC2O. The van der Waals surface area contributed by atoms with Crippen LogP contribution >= 0.6 is 0 Å². The van der Waals surface area contributed by atoms with E-state index in [9.17, 15) is 5.11 Å². The highest BCUT2D eigenvalue weighted by molar-refractivity contribution is 5.15. The lowest BCUT2D eigenvalue weighted by molar-refractivity contribution is 0.151. The Labute approximate surface area is 64.8 Å². The largest absolute Gasteiger partial charge is 0.387 e. The number of aliphatic hydroxyl groups is 1. The van der Waals surface area contributed by atoms with E-state index in [1.165, 1.54) is 0 Å². The van der Waals surface area contributed by atoms with Crippen LogP contribution in [0.1, 0.15) is 30.3 Å². The van der Waals surface area contributed by atoms with E-state index >= 15 is 0 Å². The maximum Gasteiger partial charge on any atom is 0.114 e. The molecular weight excluding hydrogens is 142 g/mol. The van der Waals surface area contributed by atoms with Gasteiger partial charge in [0.15, 0.2) is 0 Å². The number of aromatic nitrogens is 3. The number of rotatable bonds is 0. The number of hydrogen-bond donors (Lipinski definition) is 1. The molecule has 1 aliphatic rings. The summed E-state index contributed by atoms with van der Waals surface area (Å²) in [6.45, 7) is 0. The minimum atomic E-state index is -0.382. The van der Waals surface area contributed by atoms with Crippen LogP contribution in [-0.4, -0.2) is 20.1 Å². The van der Waals surface area contributed by atoms with Gasteiger partial charge >= 0.3 is 0 Å². The van der Waals surface area contributed by atoms with Crippen LogP contribution in [0, 0.1) is 0 Å². The van der Waals surface area contributed by atoms with Crippen LogP contribution in [0.2, 0.25) is 0 Å². The normalized spacial score (nSPS) is 23.3. The van der Waals surface area contributed by atoms with E-state index in [-0.39, 0.29) is 6.10 Å². The number of aliphatic hydroxyl groups excluding tert-OH is 1. The van der Waals surface area contributed by atoms with E-state index in [2.05, 4.69) is 10.3 Å². The van der Waals surface area contributed by atoms with Crippen LogP contribution in [-0.2, 0) is 13.5 Å². The summed E-state index contributed by atoms with van der Waals surface area (Å²) in [7, 11) is 1.86. The van der Waals surface area contributed by atoms with E-state index in [1.54, 1.807) is 4.68 Å². The number of nitrogens with zero attached hydrogens (tertiary/aromatic N) is 3. The molecule has 60 valence electrons. The summed E-state index contributed by atoms with van der Waals surface area (Å²) >= 11 is 0. The standard InChI is InChI=1S/C7H11N3O/c1-10-5-3-2-4-6(11)7(5)8-9-10/h6,11H,2-4H2,1H3. The second-order valence-corrected chi connectivity index (χ2v) is 2.95. The monoisotopic (exact) mass is 153 g/mol. The van der Waals surface area contributed by atoms with E-state index in [0.717, 1.165) is 30.7 Å². The molecule has 1 aliphatic carbocycles. The Morgan fingerprint density at radius 2 is 2.45 bits per heavy atom. The van der Waals surface area contributed by atoms with Gasteiger partial charge in [-0.1, -0.05) is 5.21 Å². The van der Waals surface area contributed by atoms with E-state index in [1.807, 2.05) is 7.05 Å². The van der Waals surface area contributed by atoms with E-state index in [0.29, 0.717) is 0 Å². The molecule has 1 N–H and O–H groups in total. The molecule has 4 nitrogen and oxygen atoms in total. The molecule has 0 aliphatic heterocycles. The van der Waals surface area contributed by atoms with Crippen molar-refractivity contribution in [2.24, 2.45) is 7.05 Å². The van der Waals surface area contributed by atoms with Crippen molar-refractivity contribution in [2.75, 3.05) is 0 Å². The van der Waals surface area contributed by atoms with Crippen LogP contribution < -0.4 is 0 Å². The van der Waals surface area contributed by atoms with Crippen molar-refractivity contribution in [3.05, 3.63) is 11.4 Å². The summed E-state index contributed by atoms with van der Waals surface area (Å²) in [5, 5.41) is 17.2. The molecule has 1 heterocycles. The molecule has 11 heavy (non-hydrogen) atoms. The zero-order valence-electron chi connectivity index (χ0n) is 6.49. The molecule has 0 fully saturated rings. The smallest absolute Gasteiger partial charge is 0.114 e. The summed E-state index contributed by atoms with van der Waals surface area (Å²) in [6.07, 6.45) is 2.48. The van der Waals surface area contributed by atoms with Gasteiger partial charge in [0.05, 0.1) is 11.8 Å². The minimum Gasteiger partial charge on any atom is -0.387 e. The van der Waals surface area contributed by atoms with Crippen molar-refractivity contribution in [3.63, 3.8) is 0 Å². The van der Waals surface area contributed by atoms with Crippen molar-refractivity contribution in [1.29, 1.82) is 0 Å². The zero-order valence-corrected chi connectivity index (χ0v) is 6.49. The van der Waals surface area contributed by atoms with Crippen LogP contribution in [0.3, 0.4) is 0 Å². The molecule has 0 saturated heterocycles. The minimum absolute atomic E-state index is 0.382. The fraction of sp³-hybridized carbons (Fsp3) is 0.714. The third-order valence-corrected chi connectivity index (χ3v) is 2.18. The van der Waals surface area contributed by atoms with Crippen LogP contribution in [0.5, 0.6) is 0 Å². The quantitative estimate of drug-likeness (QED) is 0.578. The zero-order chi connectivity index (χ0) is 7.84. The van der Waals surface area contributed by atoms with E-state index in [4.69, 9.17) is 0 Å². The lowest BCUT2D eigenvalue weighted by Crippen LogP contribution is -2.10. The third kappa shape index (κ3) is 0.939. The number of fused-ring (bicyclic) bond motifs is 1. The molecule has 1 aromatic heterocycles. The van der Waals surface area contributed by atoms with Crippen LogP contribution in [0.25, 0.3) is 0 Å². The van der Waals surface area contributed by atoms with Gasteiger partial charge in [-0.25, -0.2) is 0 Å². The highest BCUT2D eigenvalue weighted by Crippen LogP contribution is 2.26. The average Bonchev–Trinajstić information content (AvgIpc) is 2.35. The Bertz CT molecular complexity index is 269. The first-order valence-electron chi connectivity index (χ1n) is 3.85. The second-order valence-electron chi connectivity index (χ2n) is 2.95. The first kappa shape index (κ1) is 6.79. The Morgan fingerprint density at radius 3 is 3.18 bits per heavy atom. The third-order valence-electron chi connectivity index (χ3n) is 2.18. The average molecular weight is 153 g/mol. The second kappa shape index (κ2) is 2.30. The number of aryl methyl sites for hydroxylation is 1. The Morgan fingerprint density at radius 1 is 1.64 bits per heavy atom. The van der Waals surface area contributed by atoms with Gasteiger partial charge in [0.1, 0.15) is 5.69 Å². The number of hydrogen-bond acceptors (Lipinski definition) is 3. The first-order valence-corrected chi connectivity index (χ1v) is 3.85. The molecule has 1 atom stereocenters. The van der Waals surface area contributed by atoms with Crippen molar-refractivity contribution >= 4 is 0 Å². The van der Waals surface area contributed by atoms with Gasteiger partial charge in [0.25, 0.3) is 0 Å². The molecule has 1 aromatic rings. The molecule has 0 amide bonds. The maximum atomic E-state index is 9.46. The fourth-order valence-corrected chi connectivity index (χ4v) is 1.54. The maximum absolute atomic E-state index is 9.46. The predicted molar refractivity (Wildman–Crippen MR) is 38.9 cm³/mol. The summed E-state index contributed by atoms with van der Waals surface area (Å²) in [5.74, 6) is 0. The van der Waals surface area contributed by atoms with Crippen LogP contribution in [0.15, 0.2) is 0 Å². The van der Waals surface area contributed by atoms with Crippen molar-refractivity contribution in [1.82, 2.24) is 15.0 Å². The Hall–Kier alpha value is -0.900. The van der Waals surface area contributed by atoms with Crippen molar-refractivity contribution in [3.8, 4) is 0 Å². The van der Waals surface area contributed by atoms with Gasteiger partial charge in [-0.05, 0) is 19.3 Å². The fourth-order valence-electron chi connectivity index (χ4n) is 1.54. The molecule has 4 heteroatoms. The van der Waals surface area contributed by atoms with Gasteiger partial charge in [-0.15, -0.1) is 5.10 Å². The summed E-state index contributed by atoms with van der Waals surface area (Å²) in [4.78, 5) is 0. The molecule has 1 unspecified atom stereocenters. The predicted octanol–water partition coefficient (Wildman–Crippen LogP) is 0.185. The lowest BCUT2D eigenvalue weighted by atomic mass is 9.98. The summed E-state index contributed by atoms with van der Waals surface area (Å²) in [6, 6.07) is 0. The highest BCUT2D eigenvalue weighted by Gasteiger charge is 2.22. The van der Waals surface area contributed by atoms with Crippen molar-refractivity contribution < 1.29 is 5.11 Å². The Balaban J connectivity index is 2.46.